The van der Waals surface area contributed by atoms with E-state index in [9.17, 15) is 39.5 Å². The molecule has 0 rings (SSSR count). The number of ether oxygens (including phenoxy) is 1. The summed E-state index contributed by atoms with van der Waals surface area (Å²) in [6.07, 6.45) is -14.9. The highest BCUT2D eigenvalue weighted by Gasteiger charge is 2.57. The van der Waals surface area contributed by atoms with Crippen molar-refractivity contribution in [2.75, 3.05) is 13.2 Å². The first-order valence-corrected chi connectivity index (χ1v) is 3.61. The van der Waals surface area contributed by atoms with Crippen LogP contribution in [0.3, 0.4) is 0 Å². The van der Waals surface area contributed by atoms with E-state index in [-0.39, 0.29) is 0 Å². The lowest BCUT2D eigenvalue weighted by Gasteiger charge is -2.20. The van der Waals surface area contributed by atoms with Gasteiger partial charge in [0.05, 0.1) is 6.61 Å². The van der Waals surface area contributed by atoms with Crippen LogP contribution in [0.15, 0.2) is 0 Å². The fourth-order valence-electron chi connectivity index (χ4n) is 0.467. The Morgan fingerprint density at radius 3 is 1.62 bits per heavy atom. The quantitative estimate of drug-likeness (QED) is 0.709. The van der Waals surface area contributed by atoms with Gasteiger partial charge in [-0.3, -0.25) is 0 Å². The van der Waals surface area contributed by atoms with Crippen LogP contribution in [0.2, 0.25) is 0 Å². The third-order valence-corrected chi connectivity index (χ3v) is 1.32. The first kappa shape index (κ1) is 15.3. The van der Waals surface area contributed by atoms with Crippen LogP contribution < -0.4 is 0 Å². The summed E-state index contributed by atoms with van der Waals surface area (Å²) in [5.74, 6) is -5.31. The van der Waals surface area contributed by atoms with Crippen LogP contribution in [0.1, 0.15) is 0 Å². The van der Waals surface area contributed by atoms with E-state index in [1.54, 1.807) is 0 Å². The average molecular weight is 264 g/mol. The first-order chi connectivity index (χ1) is 6.88. The summed E-state index contributed by atoms with van der Waals surface area (Å²) in [6.45, 7) is -4.26. The van der Waals surface area contributed by atoms with Gasteiger partial charge in [-0.05, 0) is 0 Å². The molecule has 0 saturated heterocycles. The van der Waals surface area contributed by atoms with Crippen molar-refractivity contribution in [2.45, 2.75) is 24.4 Å². The lowest BCUT2D eigenvalue weighted by molar-refractivity contribution is -0.299. The maximum Gasteiger partial charge on any atom is 0.455 e. The summed E-state index contributed by atoms with van der Waals surface area (Å²) in [5, 5.41) is 0. The van der Waals surface area contributed by atoms with Crippen LogP contribution in [-0.2, 0) is 4.74 Å². The minimum absolute atomic E-state index is 1.91. The summed E-state index contributed by atoms with van der Waals surface area (Å²) < 4.78 is 108. The van der Waals surface area contributed by atoms with Gasteiger partial charge in [-0.15, -0.1) is 0 Å². The van der Waals surface area contributed by atoms with Gasteiger partial charge >= 0.3 is 18.3 Å². The largest absolute Gasteiger partial charge is 0.455 e. The van der Waals surface area contributed by atoms with Gasteiger partial charge in [-0.2, -0.15) is 35.1 Å². The molecule has 16 heavy (non-hydrogen) atoms. The summed E-state index contributed by atoms with van der Waals surface area (Å²) >= 11 is 0. The highest BCUT2D eigenvalue weighted by Crippen LogP contribution is 2.35. The maximum absolute atomic E-state index is 12.0. The monoisotopic (exact) mass is 264 g/mol. The second kappa shape index (κ2) is 4.68. The Balaban J connectivity index is 4.10. The molecule has 0 aliphatic rings. The van der Waals surface area contributed by atoms with Crippen molar-refractivity contribution in [1.82, 2.24) is 0 Å². The van der Waals surface area contributed by atoms with E-state index >= 15 is 0 Å². The summed E-state index contributed by atoms with van der Waals surface area (Å²) in [6, 6.07) is 0. The molecule has 0 radical (unpaired) electrons. The molecular formula is C6H5F9O. The van der Waals surface area contributed by atoms with E-state index in [2.05, 4.69) is 4.74 Å². The molecule has 0 heterocycles. The summed E-state index contributed by atoms with van der Waals surface area (Å²) in [4.78, 5) is 0. The van der Waals surface area contributed by atoms with Gasteiger partial charge in [-0.1, -0.05) is 0 Å². The molecule has 98 valence electrons. The van der Waals surface area contributed by atoms with Crippen molar-refractivity contribution < 1.29 is 44.3 Å². The highest BCUT2D eigenvalue weighted by atomic mass is 19.4. The molecule has 0 amide bonds. The number of alkyl halides is 9. The average Bonchev–Trinajstić information content (AvgIpc) is 1.99. The fourth-order valence-corrected chi connectivity index (χ4v) is 0.467. The Bertz CT molecular complexity index is 217. The zero-order chi connectivity index (χ0) is 13.2. The Morgan fingerprint density at radius 1 is 0.875 bits per heavy atom. The van der Waals surface area contributed by atoms with Crippen molar-refractivity contribution in [1.29, 1.82) is 0 Å². The van der Waals surface area contributed by atoms with Crippen molar-refractivity contribution in [3.63, 3.8) is 0 Å². The zero-order valence-electron chi connectivity index (χ0n) is 7.30. The molecule has 0 aromatic rings. The molecule has 0 N–H and O–H groups in total. The van der Waals surface area contributed by atoms with E-state index in [4.69, 9.17) is 0 Å². The minimum atomic E-state index is -5.95. The number of halogens is 9. The first-order valence-electron chi connectivity index (χ1n) is 3.61. The molecule has 0 fully saturated rings. The molecule has 0 aromatic carbocycles. The van der Waals surface area contributed by atoms with E-state index in [0.717, 1.165) is 0 Å². The lowest BCUT2D eigenvalue weighted by Crippen LogP contribution is -2.42. The normalized spacial score (nSPS) is 16.3. The third-order valence-electron chi connectivity index (χ3n) is 1.32. The molecule has 1 atom stereocenters. The van der Waals surface area contributed by atoms with Crippen LogP contribution in [-0.4, -0.2) is 37.7 Å². The molecule has 10 heteroatoms. The van der Waals surface area contributed by atoms with E-state index in [1.807, 2.05) is 0 Å². The molecule has 1 nitrogen and oxygen atoms in total. The van der Waals surface area contributed by atoms with E-state index < -0.39 is 37.7 Å². The van der Waals surface area contributed by atoms with Crippen LogP contribution in [0.4, 0.5) is 39.5 Å². The molecular weight excluding hydrogens is 259 g/mol. The van der Waals surface area contributed by atoms with Gasteiger partial charge in [0.2, 0.25) is 6.17 Å². The standard InChI is InChI=1S/C6H5F9O/c7-3(5(10,11)12)1-16-2-4(8,9)6(13,14)15/h3H,1-2H2. The Kier molecular flexibility index (Phi) is 4.48. The van der Waals surface area contributed by atoms with Gasteiger partial charge in [0.1, 0.15) is 6.61 Å². The van der Waals surface area contributed by atoms with Crippen molar-refractivity contribution in [3.05, 3.63) is 0 Å². The van der Waals surface area contributed by atoms with Crippen molar-refractivity contribution >= 4 is 0 Å². The minimum Gasteiger partial charge on any atom is -0.371 e. The van der Waals surface area contributed by atoms with Crippen molar-refractivity contribution in [2.24, 2.45) is 0 Å². The smallest absolute Gasteiger partial charge is 0.371 e. The molecule has 0 spiro atoms. The number of rotatable bonds is 4. The molecule has 0 bridgehead atoms. The zero-order valence-corrected chi connectivity index (χ0v) is 7.30. The van der Waals surface area contributed by atoms with Gasteiger partial charge in [0, 0.05) is 0 Å². The summed E-state index contributed by atoms with van der Waals surface area (Å²) in [7, 11) is 0. The van der Waals surface area contributed by atoms with E-state index in [1.165, 1.54) is 0 Å². The van der Waals surface area contributed by atoms with Gasteiger partial charge in [0.15, 0.2) is 0 Å². The van der Waals surface area contributed by atoms with Crippen LogP contribution in [0.5, 0.6) is 0 Å². The molecule has 0 aliphatic heterocycles. The van der Waals surface area contributed by atoms with Crippen molar-refractivity contribution in [3.8, 4) is 0 Å². The Hall–Kier alpha value is -0.670. The lowest BCUT2D eigenvalue weighted by atomic mass is 10.3. The number of hydrogen-bond donors (Lipinski definition) is 0. The van der Waals surface area contributed by atoms with Gasteiger partial charge in [0.25, 0.3) is 0 Å². The Labute approximate surface area is 83.2 Å². The second-order valence-electron chi connectivity index (χ2n) is 2.73. The maximum atomic E-state index is 12.0. The highest BCUT2D eigenvalue weighted by molar-refractivity contribution is 4.75. The third kappa shape index (κ3) is 4.45. The van der Waals surface area contributed by atoms with Crippen LogP contribution >= 0.6 is 0 Å². The van der Waals surface area contributed by atoms with Crippen LogP contribution in [0, 0.1) is 0 Å². The molecule has 0 aliphatic carbocycles. The predicted octanol–water partition coefficient (Wildman–Crippen LogP) is 3.10. The fraction of sp³-hybridized carbons (Fsp3) is 1.00. The molecule has 0 aromatic heterocycles. The Morgan fingerprint density at radius 2 is 1.31 bits per heavy atom. The molecule has 0 saturated carbocycles. The molecule has 1 unspecified atom stereocenters. The van der Waals surface area contributed by atoms with Gasteiger partial charge in [-0.25, -0.2) is 4.39 Å². The topological polar surface area (TPSA) is 9.23 Å². The summed E-state index contributed by atoms with van der Waals surface area (Å²) in [5.41, 5.74) is 0. The second-order valence-corrected chi connectivity index (χ2v) is 2.73. The van der Waals surface area contributed by atoms with E-state index in [0.29, 0.717) is 0 Å². The predicted molar refractivity (Wildman–Crippen MR) is 32.8 cm³/mol. The SMILES string of the molecule is FC(COCC(F)(F)C(F)(F)F)C(F)(F)F. The van der Waals surface area contributed by atoms with Crippen LogP contribution in [0.25, 0.3) is 0 Å². The number of hydrogen-bond acceptors (Lipinski definition) is 1. The van der Waals surface area contributed by atoms with Gasteiger partial charge < -0.3 is 4.74 Å².